The molecule has 20 heavy (non-hydrogen) atoms. The summed E-state index contributed by atoms with van der Waals surface area (Å²) in [7, 11) is 0. The topological polar surface area (TPSA) is 78.9 Å². The van der Waals surface area contributed by atoms with E-state index in [1.165, 1.54) is 6.20 Å². The smallest absolute Gasteiger partial charge is 0.225 e. The fourth-order valence-electron chi connectivity index (χ4n) is 1.78. The Hall–Kier alpha value is -2.61. The zero-order valence-corrected chi connectivity index (χ0v) is 11.2. The van der Waals surface area contributed by atoms with Gasteiger partial charge < -0.3 is 9.73 Å². The van der Waals surface area contributed by atoms with Gasteiger partial charge in [-0.2, -0.15) is 5.26 Å². The van der Waals surface area contributed by atoms with E-state index < -0.39 is 0 Å². The van der Waals surface area contributed by atoms with Gasteiger partial charge in [0, 0.05) is 19.0 Å². The van der Waals surface area contributed by atoms with Gasteiger partial charge >= 0.3 is 0 Å². The molecule has 2 heterocycles. The van der Waals surface area contributed by atoms with Crippen molar-refractivity contribution in [3.8, 4) is 6.07 Å². The van der Waals surface area contributed by atoms with Crippen molar-refractivity contribution in [3.63, 3.8) is 0 Å². The highest BCUT2D eigenvalue weighted by Crippen LogP contribution is 2.10. The predicted molar refractivity (Wildman–Crippen MR) is 74.0 cm³/mol. The number of nitrogens with zero attached hydrogens (tertiary/aromatic N) is 2. The highest BCUT2D eigenvalue weighted by molar-refractivity contribution is 5.89. The second-order valence-electron chi connectivity index (χ2n) is 4.46. The largest absolute Gasteiger partial charge is 0.466 e. The van der Waals surface area contributed by atoms with Crippen molar-refractivity contribution < 1.29 is 9.21 Å². The van der Waals surface area contributed by atoms with Gasteiger partial charge in [-0.15, -0.1) is 0 Å². The zero-order valence-electron chi connectivity index (χ0n) is 11.2. The lowest BCUT2D eigenvalue weighted by atomic mass is 10.2. The minimum atomic E-state index is -0.0921. The Morgan fingerprint density at radius 3 is 2.85 bits per heavy atom. The van der Waals surface area contributed by atoms with Gasteiger partial charge in [-0.05, 0) is 37.6 Å². The molecular formula is C15H15N3O2. The molecule has 0 radical (unpaired) electrons. The number of hydrogen-bond donors (Lipinski definition) is 1. The van der Waals surface area contributed by atoms with Gasteiger partial charge in [0.15, 0.2) is 0 Å². The van der Waals surface area contributed by atoms with Crippen LogP contribution >= 0.6 is 0 Å². The summed E-state index contributed by atoms with van der Waals surface area (Å²) in [5, 5.41) is 11.3. The Balaban J connectivity index is 1.76. The zero-order chi connectivity index (χ0) is 14.4. The fourth-order valence-corrected chi connectivity index (χ4v) is 1.78. The summed E-state index contributed by atoms with van der Waals surface area (Å²) < 4.78 is 5.43. The van der Waals surface area contributed by atoms with Gasteiger partial charge in [-0.1, -0.05) is 0 Å². The highest BCUT2D eigenvalue weighted by atomic mass is 16.3. The molecule has 0 aliphatic rings. The van der Waals surface area contributed by atoms with Crippen molar-refractivity contribution in [2.75, 3.05) is 5.32 Å². The number of amides is 1. The normalized spacial score (nSPS) is 10.0. The highest BCUT2D eigenvalue weighted by Gasteiger charge is 2.05. The summed E-state index contributed by atoms with van der Waals surface area (Å²) in [6, 6.07) is 9.05. The van der Waals surface area contributed by atoms with Crippen LogP contribution in [-0.2, 0) is 11.2 Å². The molecule has 0 fully saturated rings. The van der Waals surface area contributed by atoms with Gasteiger partial charge in [0.25, 0.3) is 0 Å². The number of furan rings is 1. The maximum Gasteiger partial charge on any atom is 0.225 e. The molecule has 5 heteroatoms. The molecule has 2 aromatic heterocycles. The third-order valence-electron chi connectivity index (χ3n) is 2.78. The molecule has 0 atom stereocenters. The molecule has 0 saturated heterocycles. The maximum absolute atomic E-state index is 11.7. The van der Waals surface area contributed by atoms with Gasteiger partial charge in [0.1, 0.15) is 23.4 Å². The number of nitrogens with one attached hydrogen (secondary N) is 1. The lowest BCUT2D eigenvalue weighted by Gasteiger charge is -2.03. The van der Waals surface area contributed by atoms with Crippen molar-refractivity contribution in [3.05, 3.63) is 47.5 Å². The Labute approximate surface area is 117 Å². The standard InChI is InChI=1S/C15H15N3O2/c1-11-5-7-13(20-11)3-2-4-15(19)18-14-8-6-12(9-16)10-17-14/h5-8,10H,2-4H2,1H3,(H,17,18,19). The summed E-state index contributed by atoms with van der Waals surface area (Å²) in [5.41, 5.74) is 0.469. The lowest BCUT2D eigenvalue weighted by molar-refractivity contribution is -0.116. The number of aryl methyl sites for hydroxylation is 2. The minimum Gasteiger partial charge on any atom is -0.466 e. The second-order valence-corrected chi connectivity index (χ2v) is 4.46. The molecule has 1 amide bonds. The molecule has 0 bridgehead atoms. The molecule has 5 nitrogen and oxygen atoms in total. The van der Waals surface area contributed by atoms with E-state index in [0.717, 1.165) is 24.4 Å². The third-order valence-corrected chi connectivity index (χ3v) is 2.78. The molecule has 102 valence electrons. The first-order chi connectivity index (χ1) is 9.67. The van der Waals surface area contributed by atoms with Crippen LogP contribution in [0.1, 0.15) is 29.9 Å². The van der Waals surface area contributed by atoms with Crippen LogP contribution in [0, 0.1) is 18.3 Å². The molecule has 0 aliphatic carbocycles. The van der Waals surface area contributed by atoms with Crippen molar-refractivity contribution in [1.82, 2.24) is 4.98 Å². The van der Waals surface area contributed by atoms with Crippen molar-refractivity contribution >= 4 is 11.7 Å². The van der Waals surface area contributed by atoms with E-state index in [2.05, 4.69) is 10.3 Å². The van der Waals surface area contributed by atoms with Gasteiger partial charge in [0.2, 0.25) is 5.91 Å². The third kappa shape index (κ3) is 3.95. The van der Waals surface area contributed by atoms with Crippen LogP contribution in [0.15, 0.2) is 34.9 Å². The molecule has 2 aromatic rings. The van der Waals surface area contributed by atoms with Gasteiger partial charge in [-0.3, -0.25) is 4.79 Å². The van der Waals surface area contributed by atoms with Crippen molar-refractivity contribution in [2.45, 2.75) is 26.2 Å². The quantitative estimate of drug-likeness (QED) is 0.905. The summed E-state index contributed by atoms with van der Waals surface area (Å²) in [4.78, 5) is 15.7. The van der Waals surface area contributed by atoms with E-state index in [1.54, 1.807) is 12.1 Å². The van der Waals surface area contributed by atoms with E-state index in [-0.39, 0.29) is 5.91 Å². The van der Waals surface area contributed by atoms with Crippen LogP contribution in [0.25, 0.3) is 0 Å². The van der Waals surface area contributed by atoms with Crippen LogP contribution in [-0.4, -0.2) is 10.9 Å². The number of nitriles is 1. The number of anilines is 1. The van der Waals surface area contributed by atoms with E-state index >= 15 is 0 Å². The average Bonchev–Trinajstić information content (AvgIpc) is 2.85. The van der Waals surface area contributed by atoms with Crippen molar-refractivity contribution in [2.24, 2.45) is 0 Å². The summed E-state index contributed by atoms with van der Waals surface area (Å²) in [6.07, 6.45) is 3.29. The molecular weight excluding hydrogens is 254 g/mol. The first kappa shape index (κ1) is 13.8. The number of pyridine rings is 1. The molecule has 0 unspecified atom stereocenters. The van der Waals surface area contributed by atoms with Crippen LogP contribution in [0.4, 0.5) is 5.82 Å². The first-order valence-corrected chi connectivity index (χ1v) is 6.38. The summed E-state index contributed by atoms with van der Waals surface area (Å²) in [5.74, 6) is 2.14. The summed E-state index contributed by atoms with van der Waals surface area (Å²) >= 11 is 0. The van der Waals surface area contributed by atoms with Crippen LogP contribution in [0.5, 0.6) is 0 Å². The van der Waals surface area contributed by atoms with E-state index in [4.69, 9.17) is 9.68 Å². The SMILES string of the molecule is Cc1ccc(CCCC(=O)Nc2ccc(C#N)cn2)o1. The number of hydrogen-bond acceptors (Lipinski definition) is 4. The van der Waals surface area contributed by atoms with Crippen LogP contribution in [0.3, 0.4) is 0 Å². The number of aromatic nitrogens is 1. The van der Waals surface area contributed by atoms with Crippen LogP contribution < -0.4 is 5.32 Å². The minimum absolute atomic E-state index is 0.0921. The number of carbonyl (C=O) groups is 1. The number of rotatable bonds is 5. The van der Waals surface area contributed by atoms with Gasteiger partial charge in [-0.25, -0.2) is 4.98 Å². The lowest BCUT2D eigenvalue weighted by Crippen LogP contribution is -2.12. The van der Waals surface area contributed by atoms with E-state index in [0.29, 0.717) is 17.8 Å². The average molecular weight is 269 g/mol. The predicted octanol–water partition coefficient (Wildman–Crippen LogP) is 2.82. The van der Waals surface area contributed by atoms with Crippen LogP contribution in [0.2, 0.25) is 0 Å². The van der Waals surface area contributed by atoms with Crippen molar-refractivity contribution in [1.29, 1.82) is 5.26 Å². The number of carbonyl (C=O) groups excluding carboxylic acids is 1. The maximum atomic E-state index is 11.7. The fraction of sp³-hybridized carbons (Fsp3) is 0.267. The molecule has 0 aromatic carbocycles. The monoisotopic (exact) mass is 269 g/mol. The molecule has 0 spiro atoms. The molecule has 0 aliphatic heterocycles. The van der Waals surface area contributed by atoms with Gasteiger partial charge in [0.05, 0.1) is 5.56 Å². The van der Waals surface area contributed by atoms with E-state index in [9.17, 15) is 4.79 Å². The Kier molecular flexibility index (Phi) is 4.51. The molecule has 2 rings (SSSR count). The first-order valence-electron chi connectivity index (χ1n) is 6.38. The van der Waals surface area contributed by atoms with E-state index in [1.807, 2.05) is 25.1 Å². The Morgan fingerprint density at radius 2 is 2.25 bits per heavy atom. The Bertz CT molecular complexity index is 623. The molecule has 0 saturated carbocycles. The molecule has 1 N–H and O–H groups in total. The summed E-state index contributed by atoms with van der Waals surface area (Å²) in [6.45, 7) is 1.90. The second kappa shape index (κ2) is 6.53. The Morgan fingerprint density at radius 1 is 1.40 bits per heavy atom.